The Hall–Kier alpha value is -1.39. The second kappa shape index (κ2) is 6.68. The van der Waals surface area contributed by atoms with Gasteiger partial charge in [-0.2, -0.15) is 0 Å². The zero-order chi connectivity index (χ0) is 13.7. The molecule has 2 nitrogen and oxygen atoms in total. The van der Waals surface area contributed by atoms with Gasteiger partial charge in [-0.3, -0.25) is 4.79 Å². The molecule has 98 valence electrons. The summed E-state index contributed by atoms with van der Waals surface area (Å²) in [6.45, 7) is 2.07. The van der Waals surface area contributed by atoms with Gasteiger partial charge in [0.25, 0.3) is 0 Å². The number of aryl methyl sites for hydroxylation is 1. The fourth-order valence-electron chi connectivity index (χ4n) is 1.70. The van der Waals surface area contributed by atoms with E-state index in [4.69, 9.17) is 0 Å². The number of halogens is 1. The summed E-state index contributed by atoms with van der Waals surface area (Å²) < 4.78 is 1.06. The maximum Gasteiger partial charge on any atom is 0.248 e. The molecule has 1 heterocycles. The Bertz CT molecular complexity index is 604. The number of benzene rings is 1. The summed E-state index contributed by atoms with van der Waals surface area (Å²) in [6, 6.07) is 11.8. The predicted octanol–water partition coefficient (Wildman–Crippen LogP) is 4.72. The maximum absolute atomic E-state index is 11.9. The number of thiophene rings is 1. The lowest BCUT2D eigenvalue weighted by Gasteiger charge is -2.07. The molecule has 1 aromatic heterocycles. The highest BCUT2D eigenvalue weighted by Gasteiger charge is 2.02. The van der Waals surface area contributed by atoms with Crippen LogP contribution in [0.5, 0.6) is 0 Å². The van der Waals surface area contributed by atoms with Gasteiger partial charge in [0.1, 0.15) is 0 Å². The van der Waals surface area contributed by atoms with Crippen LogP contribution in [0.4, 0.5) is 5.69 Å². The topological polar surface area (TPSA) is 29.1 Å². The lowest BCUT2D eigenvalue weighted by molar-refractivity contribution is -0.111. The van der Waals surface area contributed by atoms with Crippen LogP contribution in [0.2, 0.25) is 0 Å². The number of para-hydroxylation sites is 1. The van der Waals surface area contributed by atoms with Gasteiger partial charge in [0.2, 0.25) is 5.91 Å². The Morgan fingerprint density at radius 2 is 2.11 bits per heavy atom. The van der Waals surface area contributed by atoms with Crippen molar-refractivity contribution in [1.82, 2.24) is 0 Å². The summed E-state index contributed by atoms with van der Waals surface area (Å²) in [5.74, 6) is -0.106. The highest BCUT2D eigenvalue weighted by atomic mass is 79.9. The lowest BCUT2D eigenvalue weighted by Crippen LogP contribution is -2.09. The molecule has 1 aromatic carbocycles. The van der Waals surface area contributed by atoms with Gasteiger partial charge < -0.3 is 5.32 Å². The normalized spacial score (nSPS) is 10.8. The molecule has 0 unspecified atom stereocenters. The van der Waals surface area contributed by atoms with E-state index in [0.29, 0.717) is 0 Å². The zero-order valence-electron chi connectivity index (χ0n) is 10.5. The molecule has 0 radical (unpaired) electrons. The van der Waals surface area contributed by atoms with E-state index < -0.39 is 0 Å². The molecule has 1 N–H and O–H groups in total. The molecule has 4 heteroatoms. The van der Waals surface area contributed by atoms with Gasteiger partial charge in [0.15, 0.2) is 0 Å². The van der Waals surface area contributed by atoms with Gasteiger partial charge in [-0.25, -0.2) is 0 Å². The average molecular weight is 336 g/mol. The third-order valence-corrected chi connectivity index (χ3v) is 4.24. The number of nitrogens with one attached hydrogen (secondary N) is 1. The Balaban J connectivity index is 2.03. The maximum atomic E-state index is 11.9. The molecule has 0 bridgehead atoms. The SMILES string of the molecule is CCc1ccccc1NC(=O)/C=C/c1ccc(Br)s1. The first-order chi connectivity index (χ1) is 9.19. The fraction of sp³-hybridized carbons (Fsp3) is 0.133. The number of anilines is 1. The molecule has 0 aliphatic carbocycles. The number of carbonyl (C=O) groups excluding carboxylic acids is 1. The summed E-state index contributed by atoms with van der Waals surface area (Å²) in [6.07, 6.45) is 4.28. The molecule has 0 fully saturated rings. The van der Waals surface area contributed by atoms with Crippen molar-refractivity contribution in [3.63, 3.8) is 0 Å². The summed E-state index contributed by atoms with van der Waals surface area (Å²) in [4.78, 5) is 12.9. The van der Waals surface area contributed by atoms with Crippen molar-refractivity contribution < 1.29 is 4.79 Å². The van der Waals surface area contributed by atoms with E-state index in [2.05, 4.69) is 28.2 Å². The molecule has 1 amide bonds. The minimum absolute atomic E-state index is 0.106. The first-order valence-corrected chi connectivity index (χ1v) is 7.62. The minimum atomic E-state index is -0.106. The third kappa shape index (κ3) is 4.04. The van der Waals surface area contributed by atoms with Crippen molar-refractivity contribution in [2.24, 2.45) is 0 Å². The molecular weight excluding hydrogens is 322 g/mol. The highest BCUT2D eigenvalue weighted by molar-refractivity contribution is 9.11. The second-order valence-corrected chi connectivity index (χ2v) is 6.47. The summed E-state index contributed by atoms with van der Waals surface area (Å²) >= 11 is 4.99. The zero-order valence-corrected chi connectivity index (χ0v) is 12.9. The number of amides is 1. The highest BCUT2D eigenvalue weighted by Crippen LogP contribution is 2.23. The van der Waals surface area contributed by atoms with Crippen molar-refractivity contribution >= 4 is 44.9 Å². The fourth-order valence-corrected chi connectivity index (χ4v) is 3.03. The molecule has 0 atom stereocenters. The first kappa shape index (κ1) is 14.0. The van der Waals surface area contributed by atoms with Crippen LogP contribution >= 0.6 is 27.3 Å². The Kier molecular flexibility index (Phi) is 4.93. The van der Waals surface area contributed by atoms with Gasteiger partial charge in [-0.15, -0.1) is 11.3 Å². The molecule has 2 aromatic rings. The molecule has 0 saturated heterocycles. The monoisotopic (exact) mass is 335 g/mol. The molecule has 0 spiro atoms. The van der Waals surface area contributed by atoms with Crippen LogP contribution < -0.4 is 5.32 Å². The minimum Gasteiger partial charge on any atom is -0.322 e. The van der Waals surface area contributed by atoms with E-state index in [1.54, 1.807) is 17.4 Å². The van der Waals surface area contributed by atoms with Crippen molar-refractivity contribution in [2.45, 2.75) is 13.3 Å². The largest absolute Gasteiger partial charge is 0.322 e. The summed E-state index contributed by atoms with van der Waals surface area (Å²) in [7, 11) is 0. The van der Waals surface area contributed by atoms with Crippen LogP contribution in [0.3, 0.4) is 0 Å². The van der Waals surface area contributed by atoms with Crippen LogP contribution in [-0.4, -0.2) is 5.91 Å². The van der Waals surface area contributed by atoms with Crippen molar-refractivity contribution in [2.75, 3.05) is 5.32 Å². The summed E-state index contributed by atoms with van der Waals surface area (Å²) in [5, 5.41) is 2.91. The molecule has 19 heavy (non-hydrogen) atoms. The average Bonchev–Trinajstić information content (AvgIpc) is 2.83. The molecule has 0 aliphatic rings. The molecule has 2 rings (SSSR count). The van der Waals surface area contributed by atoms with Crippen LogP contribution in [0.15, 0.2) is 46.3 Å². The van der Waals surface area contributed by atoms with Crippen LogP contribution in [0.1, 0.15) is 17.4 Å². The molecular formula is C15H14BrNOS. The van der Waals surface area contributed by atoms with E-state index in [0.717, 1.165) is 26.3 Å². The number of hydrogen-bond acceptors (Lipinski definition) is 2. The Morgan fingerprint density at radius 1 is 1.32 bits per heavy atom. The Labute approximate surface area is 125 Å². The van der Waals surface area contributed by atoms with Gasteiger partial charge >= 0.3 is 0 Å². The lowest BCUT2D eigenvalue weighted by atomic mass is 10.1. The Morgan fingerprint density at radius 3 is 2.79 bits per heavy atom. The number of rotatable bonds is 4. The van der Waals surface area contributed by atoms with Crippen molar-refractivity contribution in [1.29, 1.82) is 0 Å². The van der Waals surface area contributed by atoms with Crippen molar-refractivity contribution in [3.8, 4) is 0 Å². The van der Waals surface area contributed by atoms with E-state index in [9.17, 15) is 4.79 Å². The standard InChI is InChI=1S/C15H14BrNOS/c1-2-11-5-3-4-6-13(11)17-15(18)10-8-12-7-9-14(16)19-12/h3-10H,2H2,1H3,(H,17,18)/b10-8+. The molecule has 0 saturated carbocycles. The van der Waals surface area contributed by atoms with E-state index >= 15 is 0 Å². The van der Waals surface area contributed by atoms with Gasteiger partial charge in [0.05, 0.1) is 3.79 Å². The first-order valence-electron chi connectivity index (χ1n) is 6.01. The van der Waals surface area contributed by atoms with Gasteiger partial charge in [-0.1, -0.05) is 25.1 Å². The smallest absolute Gasteiger partial charge is 0.248 e. The quantitative estimate of drug-likeness (QED) is 0.804. The second-order valence-electron chi connectivity index (χ2n) is 3.98. The van der Waals surface area contributed by atoms with Crippen LogP contribution in [-0.2, 0) is 11.2 Å². The van der Waals surface area contributed by atoms with E-state index in [1.807, 2.05) is 42.5 Å². The van der Waals surface area contributed by atoms with Crippen molar-refractivity contribution in [3.05, 3.63) is 56.7 Å². The van der Waals surface area contributed by atoms with Gasteiger partial charge in [-0.05, 0) is 52.2 Å². The van der Waals surface area contributed by atoms with Crippen LogP contribution in [0.25, 0.3) is 6.08 Å². The van der Waals surface area contributed by atoms with Gasteiger partial charge in [0, 0.05) is 16.6 Å². The molecule has 0 aliphatic heterocycles. The van der Waals surface area contributed by atoms with E-state index in [1.165, 1.54) is 0 Å². The van der Waals surface area contributed by atoms with Crippen LogP contribution in [0, 0.1) is 0 Å². The van der Waals surface area contributed by atoms with E-state index in [-0.39, 0.29) is 5.91 Å². The predicted molar refractivity (Wildman–Crippen MR) is 85.5 cm³/mol. The third-order valence-electron chi connectivity index (χ3n) is 2.65. The summed E-state index contributed by atoms with van der Waals surface area (Å²) in [5.41, 5.74) is 2.02. The number of hydrogen-bond donors (Lipinski definition) is 1. The number of carbonyl (C=O) groups is 1.